The second-order valence-corrected chi connectivity index (χ2v) is 8.01. The minimum absolute atomic E-state index is 0.240. The third kappa shape index (κ3) is 5.27. The summed E-state index contributed by atoms with van der Waals surface area (Å²) in [6.07, 6.45) is -6.60. The molecule has 7 nitrogen and oxygen atoms in total. The molecule has 0 saturated heterocycles. The largest absolute Gasteiger partial charge is 0.480 e. The Hall–Kier alpha value is -3.56. The van der Waals surface area contributed by atoms with E-state index in [4.69, 9.17) is 9.84 Å². The molecular weight excluding hydrogens is 441 g/mol. The fraction of sp³-hybridized carbons (Fsp3) is 0.348. The molecule has 0 aromatic heterocycles. The number of alkyl carbamates (subject to hydrolysis) is 1. The maximum atomic E-state index is 13.4. The number of rotatable bonds is 7. The number of carbonyl (C=O) groups excluding carboxylic acids is 2. The maximum Gasteiger partial charge on any atom is 0.417 e. The van der Waals surface area contributed by atoms with E-state index in [0.29, 0.717) is 0 Å². The van der Waals surface area contributed by atoms with E-state index >= 15 is 0 Å². The number of carboxylic acid groups (broad SMARTS) is 1. The zero-order chi connectivity index (χ0) is 24.3. The van der Waals surface area contributed by atoms with Gasteiger partial charge >= 0.3 is 18.2 Å². The molecule has 0 spiro atoms. The van der Waals surface area contributed by atoms with Crippen molar-refractivity contribution in [2.75, 3.05) is 6.61 Å². The zero-order valence-corrected chi connectivity index (χ0v) is 17.8. The van der Waals surface area contributed by atoms with Crippen molar-refractivity contribution in [2.24, 2.45) is 5.92 Å². The van der Waals surface area contributed by atoms with Crippen LogP contribution in [0.3, 0.4) is 0 Å². The Morgan fingerprint density at radius 3 is 1.94 bits per heavy atom. The highest BCUT2D eigenvalue weighted by Gasteiger charge is 2.47. The van der Waals surface area contributed by atoms with Crippen molar-refractivity contribution in [2.45, 2.75) is 38.0 Å². The van der Waals surface area contributed by atoms with Crippen molar-refractivity contribution < 1.29 is 37.4 Å². The first-order chi connectivity index (χ1) is 15.5. The van der Waals surface area contributed by atoms with E-state index in [-0.39, 0.29) is 12.5 Å². The van der Waals surface area contributed by atoms with Crippen molar-refractivity contribution >= 4 is 18.0 Å². The van der Waals surface area contributed by atoms with E-state index < -0.39 is 42.1 Å². The Morgan fingerprint density at radius 2 is 1.48 bits per heavy atom. The van der Waals surface area contributed by atoms with Gasteiger partial charge in [-0.25, -0.2) is 9.59 Å². The number of carboxylic acids is 1. The minimum atomic E-state index is -5.16. The summed E-state index contributed by atoms with van der Waals surface area (Å²) in [6.45, 7) is 2.62. The number of hydrogen-bond donors (Lipinski definition) is 3. The van der Waals surface area contributed by atoms with Crippen molar-refractivity contribution in [3.05, 3.63) is 59.7 Å². The maximum absolute atomic E-state index is 13.4. The molecule has 1 aliphatic carbocycles. The Bertz CT molecular complexity index is 1010. The van der Waals surface area contributed by atoms with E-state index in [1.807, 2.05) is 53.8 Å². The summed E-state index contributed by atoms with van der Waals surface area (Å²) in [7, 11) is 0. The van der Waals surface area contributed by atoms with E-state index in [1.54, 1.807) is 0 Å². The SMILES string of the molecule is CC(C)C(NC(=O)C(NC(=O)OCC1c2ccccc2-c2ccccc21)C(F)(F)F)C(=O)O. The van der Waals surface area contributed by atoms with Gasteiger partial charge in [-0.3, -0.25) is 4.79 Å². The van der Waals surface area contributed by atoms with E-state index in [9.17, 15) is 27.6 Å². The lowest BCUT2D eigenvalue weighted by Crippen LogP contribution is -2.58. The van der Waals surface area contributed by atoms with Crippen LogP contribution >= 0.6 is 0 Å². The van der Waals surface area contributed by atoms with Gasteiger partial charge in [-0.1, -0.05) is 62.4 Å². The number of alkyl halides is 3. The van der Waals surface area contributed by atoms with Gasteiger partial charge in [0.05, 0.1) is 0 Å². The molecule has 0 aliphatic heterocycles. The molecule has 2 aromatic rings. The average molecular weight is 464 g/mol. The molecular formula is C23H23F3N2O5. The first kappa shape index (κ1) is 24.1. The first-order valence-corrected chi connectivity index (χ1v) is 10.2. The van der Waals surface area contributed by atoms with Gasteiger partial charge in [0.25, 0.3) is 5.91 Å². The molecule has 0 heterocycles. The Kier molecular flexibility index (Phi) is 6.95. The van der Waals surface area contributed by atoms with Gasteiger partial charge in [0, 0.05) is 5.92 Å². The Morgan fingerprint density at radius 1 is 0.970 bits per heavy atom. The number of carbonyl (C=O) groups is 3. The van der Waals surface area contributed by atoms with Gasteiger partial charge in [-0.05, 0) is 28.2 Å². The molecule has 3 rings (SSSR count). The number of amides is 2. The Labute approximate surface area is 187 Å². The van der Waals surface area contributed by atoms with Crippen LogP contribution in [0.5, 0.6) is 0 Å². The van der Waals surface area contributed by atoms with Crippen molar-refractivity contribution in [1.29, 1.82) is 0 Å². The monoisotopic (exact) mass is 464 g/mol. The van der Waals surface area contributed by atoms with E-state index in [0.717, 1.165) is 22.3 Å². The summed E-state index contributed by atoms with van der Waals surface area (Å²) >= 11 is 0. The number of aliphatic carboxylic acids is 1. The lowest BCUT2D eigenvalue weighted by atomic mass is 9.98. The van der Waals surface area contributed by atoms with Crippen LogP contribution in [0.15, 0.2) is 48.5 Å². The van der Waals surface area contributed by atoms with Gasteiger partial charge in [0.1, 0.15) is 12.6 Å². The van der Waals surface area contributed by atoms with Crippen LogP contribution in [0, 0.1) is 5.92 Å². The molecule has 2 unspecified atom stereocenters. The van der Waals surface area contributed by atoms with Gasteiger partial charge in [0.15, 0.2) is 0 Å². The minimum Gasteiger partial charge on any atom is -0.480 e. The molecule has 2 amide bonds. The standard InChI is InChI=1S/C23H23F3N2O5/c1-12(2)18(21(30)31)27-20(29)19(23(24,25)26)28-22(32)33-11-17-15-9-5-3-7-13(15)14-8-4-6-10-16(14)17/h3-10,12,17-19H,11H2,1-2H3,(H,27,29)(H,28,32)(H,30,31). The Balaban J connectivity index is 1.71. The summed E-state index contributed by atoms with van der Waals surface area (Å²) in [5, 5.41) is 12.5. The number of nitrogens with one attached hydrogen (secondary N) is 2. The lowest BCUT2D eigenvalue weighted by Gasteiger charge is -2.24. The highest BCUT2D eigenvalue weighted by molar-refractivity contribution is 5.90. The number of ether oxygens (including phenoxy) is 1. The van der Waals surface area contributed by atoms with Crippen LogP contribution in [0.2, 0.25) is 0 Å². The smallest absolute Gasteiger partial charge is 0.417 e. The number of halogens is 3. The molecule has 2 atom stereocenters. The molecule has 10 heteroatoms. The predicted molar refractivity (Wildman–Crippen MR) is 112 cm³/mol. The first-order valence-electron chi connectivity index (χ1n) is 10.2. The van der Waals surface area contributed by atoms with Gasteiger partial charge < -0.3 is 20.5 Å². The normalized spacial score (nSPS) is 14.7. The second-order valence-electron chi connectivity index (χ2n) is 8.01. The highest BCUT2D eigenvalue weighted by Crippen LogP contribution is 2.44. The predicted octanol–water partition coefficient (Wildman–Crippen LogP) is 3.68. The van der Waals surface area contributed by atoms with Crippen LogP contribution < -0.4 is 10.6 Å². The molecule has 0 fully saturated rings. The third-order valence-electron chi connectivity index (χ3n) is 5.43. The average Bonchev–Trinajstić information content (AvgIpc) is 3.06. The molecule has 1 aliphatic rings. The van der Waals surface area contributed by atoms with Crippen LogP contribution in [0.4, 0.5) is 18.0 Å². The van der Waals surface area contributed by atoms with E-state index in [1.165, 1.54) is 19.2 Å². The number of benzene rings is 2. The van der Waals surface area contributed by atoms with Gasteiger partial charge in [-0.2, -0.15) is 13.2 Å². The quantitative estimate of drug-likeness (QED) is 0.580. The summed E-state index contributed by atoms with van der Waals surface area (Å²) in [5.74, 6) is -4.22. The molecule has 2 aromatic carbocycles. The lowest BCUT2D eigenvalue weighted by molar-refractivity contribution is -0.169. The van der Waals surface area contributed by atoms with Gasteiger partial charge in [-0.15, -0.1) is 0 Å². The molecule has 0 radical (unpaired) electrons. The third-order valence-corrected chi connectivity index (χ3v) is 5.43. The van der Waals surface area contributed by atoms with Crippen molar-refractivity contribution in [1.82, 2.24) is 10.6 Å². The summed E-state index contributed by atoms with van der Waals surface area (Å²) in [4.78, 5) is 35.6. The van der Waals surface area contributed by atoms with Crippen molar-refractivity contribution in [3.63, 3.8) is 0 Å². The van der Waals surface area contributed by atoms with Crippen molar-refractivity contribution in [3.8, 4) is 11.1 Å². The molecule has 33 heavy (non-hydrogen) atoms. The number of fused-ring (bicyclic) bond motifs is 3. The van der Waals surface area contributed by atoms with Crippen LogP contribution in [0.25, 0.3) is 11.1 Å². The van der Waals surface area contributed by atoms with Crippen LogP contribution in [-0.2, 0) is 14.3 Å². The fourth-order valence-electron chi connectivity index (χ4n) is 3.80. The summed E-state index contributed by atoms with van der Waals surface area (Å²) in [6, 6.07) is 10.4. The molecule has 0 saturated carbocycles. The number of hydrogen-bond acceptors (Lipinski definition) is 4. The molecule has 3 N–H and O–H groups in total. The van der Waals surface area contributed by atoms with Crippen LogP contribution in [0.1, 0.15) is 30.9 Å². The van der Waals surface area contributed by atoms with Gasteiger partial charge in [0.2, 0.25) is 6.04 Å². The van der Waals surface area contributed by atoms with E-state index in [2.05, 4.69) is 0 Å². The second kappa shape index (κ2) is 9.51. The topological polar surface area (TPSA) is 105 Å². The van der Waals surface area contributed by atoms with Crippen LogP contribution in [-0.4, -0.2) is 47.9 Å². The molecule has 0 bridgehead atoms. The summed E-state index contributed by atoms with van der Waals surface area (Å²) in [5.41, 5.74) is 3.64. The zero-order valence-electron chi connectivity index (χ0n) is 17.8. The summed E-state index contributed by atoms with van der Waals surface area (Å²) < 4.78 is 45.4. The highest BCUT2D eigenvalue weighted by atomic mass is 19.4. The molecule has 176 valence electrons. The fourth-order valence-corrected chi connectivity index (χ4v) is 3.80.